The third-order valence-corrected chi connectivity index (χ3v) is 8.11. The van der Waals surface area contributed by atoms with Crippen molar-refractivity contribution in [3.8, 4) is 11.5 Å². The molecule has 1 heterocycles. The van der Waals surface area contributed by atoms with Crippen molar-refractivity contribution in [3.05, 3.63) is 29.9 Å². The van der Waals surface area contributed by atoms with Crippen LogP contribution in [0.5, 0.6) is 11.5 Å². The normalized spacial score (nSPS) is 24.2. The maximum Gasteiger partial charge on any atom is 0.141 e. The van der Waals surface area contributed by atoms with E-state index in [0.717, 1.165) is 40.6 Å². The van der Waals surface area contributed by atoms with E-state index in [1.165, 1.54) is 27.5 Å². The van der Waals surface area contributed by atoms with Gasteiger partial charge < -0.3 is 9.84 Å². The first kappa shape index (κ1) is 19.8. The summed E-state index contributed by atoms with van der Waals surface area (Å²) in [6, 6.07) is 0. The molecule has 4 heteroatoms. The van der Waals surface area contributed by atoms with Crippen LogP contribution in [0.3, 0.4) is 0 Å². The first-order valence-corrected chi connectivity index (χ1v) is 11.5. The molecular weight excluding hydrogens is 538 g/mol. The number of unbranched alkanes of at least 4 members (excludes halogenated alkanes) is 2. The lowest BCUT2D eigenvalue weighted by atomic mass is 9.68. The Morgan fingerprint density at radius 3 is 2.64 bits per heavy atom. The van der Waals surface area contributed by atoms with Gasteiger partial charge in [0.1, 0.15) is 17.1 Å². The van der Waals surface area contributed by atoms with Crippen LogP contribution in [0.25, 0.3) is 0 Å². The van der Waals surface area contributed by atoms with E-state index in [4.69, 9.17) is 4.74 Å². The molecular formula is C21H28I2O2. The van der Waals surface area contributed by atoms with E-state index >= 15 is 0 Å². The number of halogens is 2. The van der Waals surface area contributed by atoms with Gasteiger partial charge in [-0.15, -0.1) is 0 Å². The predicted molar refractivity (Wildman–Crippen MR) is 121 cm³/mol. The van der Waals surface area contributed by atoms with Crippen molar-refractivity contribution in [3.63, 3.8) is 0 Å². The molecule has 0 fully saturated rings. The summed E-state index contributed by atoms with van der Waals surface area (Å²) < 4.78 is 8.76. The summed E-state index contributed by atoms with van der Waals surface area (Å²) in [6.45, 7) is 8.86. The summed E-state index contributed by atoms with van der Waals surface area (Å²) >= 11 is 4.78. The van der Waals surface area contributed by atoms with Crippen molar-refractivity contribution in [2.45, 2.75) is 77.7 Å². The number of fused-ring (bicyclic) bond motifs is 3. The Kier molecular flexibility index (Phi) is 5.98. The Hall–Kier alpha value is 0.0200. The zero-order valence-electron chi connectivity index (χ0n) is 15.6. The molecule has 25 heavy (non-hydrogen) atoms. The highest BCUT2D eigenvalue weighted by Crippen LogP contribution is 2.56. The number of allylic oxidation sites excluding steroid dienone is 2. The molecule has 2 atom stereocenters. The molecule has 1 aromatic rings. The van der Waals surface area contributed by atoms with Crippen molar-refractivity contribution < 1.29 is 9.84 Å². The zero-order valence-corrected chi connectivity index (χ0v) is 19.9. The molecule has 2 aliphatic rings. The molecule has 0 aromatic heterocycles. The van der Waals surface area contributed by atoms with E-state index in [1.807, 2.05) is 0 Å². The number of phenols is 1. The maximum atomic E-state index is 11.1. The fraction of sp³-hybridized carbons (Fsp3) is 0.619. The van der Waals surface area contributed by atoms with Gasteiger partial charge in [-0.3, -0.25) is 0 Å². The lowest BCUT2D eigenvalue weighted by molar-refractivity contribution is 0.00971. The summed E-state index contributed by atoms with van der Waals surface area (Å²) in [7, 11) is 0. The molecule has 0 amide bonds. The van der Waals surface area contributed by atoms with Gasteiger partial charge in [-0.05, 0) is 97.2 Å². The Bertz CT molecular complexity index is 707. The van der Waals surface area contributed by atoms with Gasteiger partial charge in [0.15, 0.2) is 0 Å². The molecule has 1 N–H and O–H groups in total. The summed E-state index contributed by atoms with van der Waals surface area (Å²) in [5.41, 5.74) is 3.52. The molecule has 2 nitrogen and oxygen atoms in total. The van der Waals surface area contributed by atoms with Crippen molar-refractivity contribution in [1.29, 1.82) is 0 Å². The van der Waals surface area contributed by atoms with Gasteiger partial charge in [0, 0.05) is 17.4 Å². The van der Waals surface area contributed by atoms with Crippen LogP contribution >= 0.6 is 45.2 Å². The molecule has 138 valence electrons. The van der Waals surface area contributed by atoms with Crippen LogP contribution in [-0.4, -0.2) is 10.7 Å². The topological polar surface area (TPSA) is 29.5 Å². The summed E-state index contributed by atoms with van der Waals surface area (Å²) in [5, 5.41) is 11.1. The van der Waals surface area contributed by atoms with Crippen molar-refractivity contribution in [2.24, 2.45) is 5.92 Å². The van der Waals surface area contributed by atoms with Gasteiger partial charge in [-0.25, -0.2) is 0 Å². The minimum absolute atomic E-state index is 0.200. The molecule has 0 bridgehead atoms. The molecule has 0 radical (unpaired) electrons. The second kappa shape index (κ2) is 7.56. The zero-order chi connectivity index (χ0) is 18.4. The van der Waals surface area contributed by atoms with Crippen LogP contribution in [0.4, 0.5) is 0 Å². The molecule has 1 aromatic carbocycles. The van der Waals surface area contributed by atoms with E-state index in [2.05, 4.69) is 79.0 Å². The Labute approximate surface area is 179 Å². The standard InChI is InChI=1S/C21H28I2O2/c1-5-6-7-8-13-17(22)19(24)16-14-11-12(2)9-10-15(14)21(3,4)25-20(16)18(13)23/h11,14-15,24H,5-10H2,1-4H3/t14?,15-/m1/s1. The minimum Gasteiger partial charge on any atom is -0.506 e. The monoisotopic (exact) mass is 566 g/mol. The molecule has 1 aliphatic carbocycles. The van der Waals surface area contributed by atoms with Gasteiger partial charge in [0.25, 0.3) is 0 Å². The first-order chi connectivity index (χ1) is 11.8. The summed E-state index contributed by atoms with van der Waals surface area (Å²) in [5.74, 6) is 2.08. The molecule has 0 saturated heterocycles. The maximum absolute atomic E-state index is 11.1. The number of rotatable bonds is 4. The smallest absolute Gasteiger partial charge is 0.141 e. The number of benzene rings is 1. The highest BCUT2D eigenvalue weighted by molar-refractivity contribution is 14.1. The third kappa shape index (κ3) is 3.58. The second-order valence-electron chi connectivity index (χ2n) is 8.04. The fourth-order valence-corrected chi connectivity index (χ4v) is 6.66. The van der Waals surface area contributed by atoms with E-state index in [1.54, 1.807) is 0 Å². The van der Waals surface area contributed by atoms with Crippen molar-refractivity contribution in [2.75, 3.05) is 0 Å². The molecule has 0 saturated carbocycles. The minimum atomic E-state index is -0.200. The lowest BCUT2D eigenvalue weighted by Gasteiger charge is -2.47. The number of hydrogen-bond acceptors (Lipinski definition) is 2. The average molecular weight is 566 g/mol. The summed E-state index contributed by atoms with van der Waals surface area (Å²) in [4.78, 5) is 0. The van der Waals surface area contributed by atoms with Crippen LogP contribution < -0.4 is 4.74 Å². The molecule has 1 unspecified atom stereocenters. The molecule has 1 aliphatic heterocycles. The molecule has 3 rings (SSSR count). The Balaban J connectivity index is 2.14. The van der Waals surface area contributed by atoms with Gasteiger partial charge in [-0.2, -0.15) is 0 Å². The Morgan fingerprint density at radius 1 is 1.24 bits per heavy atom. The van der Waals surface area contributed by atoms with E-state index in [9.17, 15) is 5.11 Å². The number of ether oxygens (including phenoxy) is 1. The quantitative estimate of drug-likeness (QED) is 0.243. The van der Waals surface area contributed by atoms with Crippen LogP contribution in [0, 0.1) is 13.1 Å². The fourth-order valence-electron chi connectivity index (χ4n) is 4.37. The van der Waals surface area contributed by atoms with E-state index in [0.29, 0.717) is 11.7 Å². The van der Waals surface area contributed by atoms with Crippen LogP contribution in [-0.2, 0) is 6.42 Å². The van der Waals surface area contributed by atoms with Crippen molar-refractivity contribution in [1.82, 2.24) is 0 Å². The van der Waals surface area contributed by atoms with Gasteiger partial charge >= 0.3 is 0 Å². The van der Waals surface area contributed by atoms with Gasteiger partial charge in [-0.1, -0.05) is 31.4 Å². The first-order valence-electron chi connectivity index (χ1n) is 9.36. The number of aromatic hydroxyl groups is 1. The highest BCUT2D eigenvalue weighted by Gasteiger charge is 2.46. The largest absolute Gasteiger partial charge is 0.506 e. The van der Waals surface area contributed by atoms with Gasteiger partial charge in [0.05, 0.1) is 7.14 Å². The van der Waals surface area contributed by atoms with Crippen LogP contribution in [0.2, 0.25) is 0 Å². The van der Waals surface area contributed by atoms with E-state index < -0.39 is 0 Å². The van der Waals surface area contributed by atoms with Gasteiger partial charge in [0.2, 0.25) is 0 Å². The molecule has 0 spiro atoms. The van der Waals surface area contributed by atoms with Crippen molar-refractivity contribution >= 4 is 45.2 Å². The summed E-state index contributed by atoms with van der Waals surface area (Å²) in [6.07, 6.45) is 9.25. The SMILES string of the molecule is CCCCCc1c(I)c(O)c2c(c1I)OC(C)(C)[C@@H]1CCC(C)=CC21. The second-order valence-corrected chi connectivity index (χ2v) is 10.2. The van der Waals surface area contributed by atoms with Crippen LogP contribution in [0.1, 0.15) is 76.8 Å². The van der Waals surface area contributed by atoms with E-state index in [-0.39, 0.29) is 11.5 Å². The number of phenolic OH excluding ortho intramolecular Hbond substituents is 1. The average Bonchev–Trinajstić information content (AvgIpc) is 2.55. The third-order valence-electron chi connectivity index (χ3n) is 5.81. The lowest BCUT2D eigenvalue weighted by Crippen LogP contribution is -2.45. The Morgan fingerprint density at radius 2 is 1.96 bits per heavy atom. The van der Waals surface area contributed by atoms with Crippen LogP contribution in [0.15, 0.2) is 11.6 Å². The highest BCUT2D eigenvalue weighted by atomic mass is 127. The predicted octanol–water partition coefficient (Wildman–Crippen LogP) is 6.95. The number of hydrogen-bond donors (Lipinski definition) is 1.